The number of hydrogen-bond acceptors (Lipinski definition) is 5. The number of aryl methyl sites for hydroxylation is 1. The van der Waals surface area contributed by atoms with Crippen LogP contribution in [0.5, 0.6) is 0 Å². The number of nitrogens with zero attached hydrogens (tertiary/aromatic N) is 3. The fourth-order valence-corrected chi connectivity index (χ4v) is 2.04. The molecule has 1 heterocycles. The molecule has 0 saturated heterocycles. The minimum Gasteiger partial charge on any atom is -0.451 e. The Labute approximate surface area is 144 Å². The summed E-state index contributed by atoms with van der Waals surface area (Å²) in [5, 5.41) is 11.5. The van der Waals surface area contributed by atoms with Crippen molar-refractivity contribution >= 4 is 23.5 Å². The van der Waals surface area contributed by atoms with Crippen molar-refractivity contribution in [3.05, 3.63) is 40.7 Å². The van der Waals surface area contributed by atoms with Crippen molar-refractivity contribution in [2.75, 3.05) is 13.2 Å². The third kappa shape index (κ3) is 4.79. The van der Waals surface area contributed by atoms with Gasteiger partial charge in [-0.25, -0.2) is 4.79 Å². The Bertz CT molecular complexity index is 743. The lowest BCUT2D eigenvalue weighted by Gasteiger charge is -2.07. The molecule has 0 radical (unpaired) electrons. The highest BCUT2D eigenvalue weighted by Crippen LogP contribution is 2.14. The summed E-state index contributed by atoms with van der Waals surface area (Å²) < 4.78 is 4.98. The Balaban J connectivity index is 2.02. The zero-order valence-electron chi connectivity index (χ0n) is 13.7. The third-order valence-corrected chi connectivity index (χ3v) is 3.29. The summed E-state index contributed by atoms with van der Waals surface area (Å²) in [6.07, 6.45) is 0. The molecule has 1 aromatic heterocycles. The van der Waals surface area contributed by atoms with E-state index in [1.807, 2.05) is 13.8 Å². The fourth-order valence-electron chi connectivity index (χ4n) is 1.85. The van der Waals surface area contributed by atoms with Gasteiger partial charge in [0.25, 0.3) is 5.91 Å². The zero-order chi connectivity index (χ0) is 17.7. The van der Waals surface area contributed by atoms with Crippen LogP contribution in [0.3, 0.4) is 0 Å². The van der Waals surface area contributed by atoms with E-state index in [-0.39, 0.29) is 18.2 Å². The summed E-state index contributed by atoms with van der Waals surface area (Å²) in [5.41, 5.74) is 1.09. The van der Waals surface area contributed by atoms with Gasteiger partial charge in [0.15, 0.2) is 12.3 Å². The average molecular weight is 351 g/mol. The van der Waals surface area contributed by atoms with E-state index < -0.39 is 5.97 Å². The number of carbonyl (C=O) groups is 2. The topological polar surface area (TPSA) is 86.1 Å². The number of ether oxygens (including phenoxy) is 1. The number of halogens is 1. The number of hydrogen-bond donors (Lipinski definition) is 1. The summed E-state index contributed by atoms with van der Waals surface area (Å²) in [6.45, 7) is 5.77. The molecule has 1 amide bonds. The van der Waals surface area contributed by atoms with E-state index >= 15 is 0 Å². The number of rotatable bonds is 6. The van der Waals surface area contributed by atoms with Gasteiger partial charge in [-0.2, -0.15) is 9.90 Å². The summed E-state index contributed by atoms with van der Waals surface area (Å²) in [5.74, 6) is -0.720. The Kier molecular flexibility index (Phi) is 5.92. The van der Waals surface area contributed by atoms with Crippen LogP contribution >= 0.6 is 11.6 Å². The molecule has 0 unspecified atom stereocenters. The lowest BCUT2D eigenvalue weighted by atomic mass is 10.2. The van der Waals surface area contributed by atoms with Crippen LogP contribution in [-0.4, -0.2) is 40.0 Å². The van der Waals surface area contributed by atoms with Gasteiger partial charge in [-0.05, 0) is 31.0 Å². The van der Waals surface area contributed by atoms with E-state index in [0.29, 0.717) is 28.9 Å². The number of benzene rings is 1. The monoisotopic (exact) mass is 350 g/mol. The van der Waals surface area contributed by atoms with Gasteiger partial charge in [0.1, 0.15) is 0 Å². The van der Waals surface area contributed by atoms with Crippen LogP contribution in [-0.2, 0) is 9.53 Å². The van der Waals surface area contributed by atoms with Crippen LogP contribution in [0.1, 0.15) is 30.0 Å². The SMILES string of the molecule is Cc1nn(-c2cccc(Cl)c2)nc1C(=O)OCC(=O)NCC(C)C. The predicted octanol–water partition coefficient (Wildman–Crippen LogP) is 2.16. The van der Waals surface area contributed by atoms with Crippen molar-refractivity contribution in [3.8, 4) is 5.69 Å². The van der Waals surface area contributed by atoms with E-state index in [1.165, 1.54) is 4.80 Å². The molecule has 0 aliphatic heterocycles. The van der Waals surface area contributed by atoms with Crippen LogP contribution in [0.15, 0.2) is 24.3 Å². The van der Waals surface area contributed by atoms with Crippen LogP contribution in [0, 0.1) is 12.8 Å². The van der Waals surface area contributed by atoms with E-state index in [9.17, 15) is 9.59 Å². The molecule has 8 heteroatoms. The second kappa shape index (κ2) is 7.92. The maximum Gasteiger partial charge on any atom is 0.361 e. The smallest absolute Gasteiger partial charge is 0.361 e. The van der Waals surface area contributed by atoms with Gasteiger partial charge in [0.2, 0.25) is 0 Å². The maximum atomic E-state index is 12.1. The summed E-state index contributed by atoms with van der Waals surface area (Å²) in [7, 11) is 0. The second-order valence-electron chi connectivity index (χ2n) is 5.68. The van der Waals surface area contributed by atoms with Gasteiger partial charge in [-0.15, -0.1) is 5.10 Å². The van der Waals surface area contributed by atoms with Gasteiger partial charge in [0.05, 0.1) is 11.4 Å². The number of aromatic nitrogens is 3. The van der Waals surface area contributed by atoms with Gasteiger partial charge >= 0.3 is 5.97 Å². The summed E-state index contributed by atoms with van der Waals surface area (Å²) >= 11 is 5.94. The molecule has 0 saturated carbocycles. The lowest BCUT2D eigenvalue weighted by Crippen LogP contribution is -2.31. The fraction of sp³-hybridized carbons (Fsp3) is 0.375. The van der Waals surface area contributed by atoms with Gasteiger partial charge < -0.3 is 10.1 Å². The predicted molar refractivity (Wildman–Crippen MR) is 89.2 cm³/mol. The summed E-state index contributed by atoms with van der Waals surface area (Å²) in [4.78, 5) is 25.0. The first-order chi connectivity index (χ1) is 11.4. The molecule has 1 N–H and O–H groups in total. The molecule has 0 aliphatic rings. The molecular formula is C16H19ClN4O3. The third-order valence-electron chi connectivity index (χ3n) is 3.06. The van der Waals surface area contributed by atoms with Gasteiger partial charge in [-0.3, -0.25) is 4.79 Å². The number of esters is 1. The van der Waals surface area contributed by atoms with Crippen molar-refractivity contribution in [3.63, 3.8) is 0 Å². The van der Waals surface area contributed by atoms with Crippen molar-refractivity contribution in [1.82, 2.24) is 20.3 Å². The molecule has 0 aliphatic carbocycles. The zero-order valence-corrected chi connectivity index (χ0v) is 14.5. The first-order valence-corrected chi connectivity index (χ1v) is 7.88. The van der Waals surface area contributed by atoms with Crippen LogP contribution in [0.25, 0.3) is 5.69 Å². The Morgan fingerprint density at radius 1 is 1.33 bits per heavy atom. The normalized spacial score (nSPS) is 10.7. The van der Waals surface area contributed by atoms with E-state index in [4.69, 9.17) is 16.3 Å². The Morgan fingerprint density at radius 3 is 2.75 bits per heavy atom. The van der Waals surface area contributed by atoms with Crippen LogP contribution in [0.2, 0.25) is 5.02 Å². The first kappa shape index (κ1) is 17.9. The molecule has 7 nitrogen and oxygen atoms in total. The van der Waals surface area contributed by atoms with E-state index in [0.717, 1.165) is 0 Å². The molecule has 0 bridgehead atoms. The molecule has 24 heavy (non-hydrogen) atoms. The standard InChI is InChI=1S/C16H19ClN4O3/c1-10(2)8-18-14(22)9-24-16(23)15-11(3)19-21(20-15)13-6-4-5-12(17)7-13/h4-7,10H,8-9H2,1-3H3,(H,18,22). The van der Waals surface area contributed by atoms with Crippen molar-refractivity contribution in [2.24, 2.45) is 5.92 Å². The molecular weight excluding hydrogens is 332 g/mol. The van der Waals surface area contributed by atoms with Gasteiger partial charge in [0, 0.05) is 11.6 Å². The lowest BCUT2D eigenvalue weighted by molar-refractivity contribution is -0.124. The van der Waals surface area contributed by atoms with Crippen molar-refractivity contribution in [1.29, 1.82) is 0 Å². The first-order valence-electron chi connectivity index (χ1n) is 7.50. The highest BCUT2D eigenvalue weighted by atomic mass is 35.5. The minimum absolute atomic E-state index is 0.0617. The van der Waals surface area contributed by atoms with Crippen molar-refractivity contribution in [2.45, 2.75) is 20.8 Å². The summed E-state index contributed by atoms with van der Waals surface area (Å²) in [6, 6.07) is 6.93. The highest BCUT2D eigenvalue weighted by Gasteiger charge is 2.19. The highest BCUT2D eigenvalue weighted by molar-refractivity contribution is 6.30. The Morgan fingerprint density at radius 2 is 2.08 bits per heavy atom. The van der Waals surface area contributed by atoms with E-state index in [1.54, 1.807) is 31.2 Å². The minimum atomic E-state index is -0.694. The van der Waals surface area contributed by atoms with Crippen LogP contribution < -0.4 is 5.32 Å². The average Bonchev–Trinajstić information content (AvgIpc) is 2.92. The molecule has 0 atom stereocenters. The second-order valence-corrected chi connectivity index (χ2v) is 6.11. The molecule has 128 valence electrons. The quantitative estimate of drug-likeness (QED) is 0.807. The molecule has 0 fully saturated rings. The Hall–Kier alpha value is -2.41. The molecule has 2 rings (SSSR count). The number of carbonyl (C=O) groups excluding carboxylic acids is 2. The number of amides is 1. The van der Waals surface area contributed by atoms with Crippen LogP contribution in [0.4, 0.5) is 0 Å². The maximum absolute atomic E-state index is 12.1. The van der Waals surface area contributed by atoms with Crippen molar-refractivity contribution < 1.29 is 14.3 Å². The van der Waals surface area contributed by atoms with Gasteiger partial charge in [-0.1, -0.05) is 31.5 Å². The molecule has 1 aromatic carbocycles. The largest absolute Gasteiger partial charge is 0.451 e. The van der Waals surface area contributed by atoms with E-state index in [2.05, 4.69) is 15.5 Å². The number of nitrogens with one attached hydrogen (secondary N) is 1. The molecule has 2 aromatic rings. The molecule has 0 spiro atoms.